The van der Waals surface area contributed by atoms with E-state index in [2.05, 4.69) is 0 Å². The lowest BCUT2D eigenvalue weighted by Gasteiger charge is -2.37. The van der Waals surface area contributed by atoms with Crippen LogP contribution in [-0.4, -0.2) is 40.7 Å². The van der Waals surface area contributed by atoms with Crippen LogP contribution >= 0.6 is 0 Å². The highest BCUT2D eigenvalue weighted by molar-refractivity contribution is 5.79. The van der Waals surface area contributed by atoms with Gasteiger partial charge in [-0.3, -0.25) is 4.79 Å². The molecule has 3 rings (SSSR count). The predicted octanol–water partition coefficient (Wildman–Crippen LogP) is 1.86. The van der Waals surface area contributed by atoms with E-state index in [4.69, 9.17) is 4.74 Å². The van der Waals surface area contributed by atoms with Crippen LogP contribution in [0.25, 0.3) is 0 Å². The minimum atomic E-state index is -0.820. The highest BCUT2D eigenvalue weighted by Gasteiger charge is 2.42. The van der Waals surface area contributed by atoms with Crippen LogP contribution in [0.3, 0.4) is 0 Å². The number of nitrogens with zero attached hydrogens (tertiary/aromatic N) is 1. The molecule has 2 aliphatic heterocycles. The molecular formula is C15H17F2NO3. The molecule has 21 heavy (non-hydrogen) atoms. The van der Waals surface area contributed by atoms with Crippen molar-refractivity contribution < 1.29 is 23.4 Å². The molecule has 1 aromatic rings. The summed E-state index contributed by atoms with van der Waals surface area (Å²) in [6.07, 6.45) is 2.61. The molecule has 0 aliphatic carbocycles. The summed E-state index contributed by atoms with van der Waals surface area (Å²) in [6, 6.07) is 3.08. The maximum absolute atomic E-state index is 13.4. The van der Waals surface area contributed by atoms with Crippen molar-refractivity contribution in [1.82, 2.24) is 4.90 Å². The molecule has 2 saturated heterocycles. The van der Waals surface area contributed by atoms with Crippen molar-refractivity contribution in [2.45, 2.75) is 43.9 Å². The van der Waals surface area contributed by atoms with E-state index in [0.717, 1.165) is 25.0 Å². The zero-order valence-electron chi connectivity index (χ0n) is 11.5. The molecule has 2 fully saturated rings. The first kappa shape index (κ1) is 14.3. The van der Waals surface area contributed by atoms with Crippen molar-refractivity contribution in [3.05, 3.63) is 29.8 Å². The van der Waals surface area contributed by atoms with E-state index in [9.17, 15) is 18.7 Å². The largest absolute Gasteiger partial charge is 0.481 e. The number of hydrogen-bond donors (Lipinski definition) is 1. The lowest BCUT2D eigenvalue weighted by Crippen LogP contribution is -2.49. The van der Waals surface area contributed by atoms with Crippen LogP contribution in [0.2, 0.25) is 0 Å². The predicted molar refractivity (Wildman–Crippen MR) is 70.7 cm³/mol. The van der Waals surface area contributed by atoms with Crippen LogP contribution in [0.5, 0.6) is 5.75 Å². The minimum absolute atomic E-state index is 0.0490. The minimum Gasteiger partial charge on any atom is -0.481 e. The van der Waals surface area contributed by atoms with Gasteiger partial charge in [0.2, 0.25) is 0 Å². The van der Waals surface area contributed by atoms with E-state index >= 15 is 0 Å². The fourth-order valence-corrected chi connectivity index (χ4v) is 3.36. The first-order valence-corrected chi connectivity index (χ1v) is 7.11. The standard InChI is InChI=1S/C15H17F2NO3/c16-9-1-4-14(13(17)5-9)21-8-15(20)18-10-2-3-11(18)7-12(19)6-10/h1,4-5,10-12,19H,2-3,6-8H2. The average Bonchev–Trinajstić information content (AvgIpc) is 2.70. The molecule has 114 valence electrons. The second kappa shape index (κ2) is 5.60. The monoisotopic (exact) mass is 297 g/mol. The Kier molecular flexibility index (Phi) is 3.80. The average molecular weight is 297 g/mol. The van der Waals surface area contributed by atoms with Crippen LogP contribution in [0, 0.1) is 11.6 Å². The summed E-state index contributed by atoms with van der Waals surface area (Å²) in [5.41, 5.74) is 0. The number of amides is 1. The summed E-state index contributed by atoms with van der Waals surface area (Å²) in [5, 5.41) is 9.71. The molecule has 1 N–H and O–H groups in total. The summed E-state index contributed by atoms with van der Waals surface area (Å²) in [6.45, 7) is -0.272. The number of ether oxygens (including phenoxy) is 1. The van der Waals surface area contributed by atoms with E-state index in [1.54, 1.807) is 4.90 Å². The smallest absolute Gasteiger partial charge is 0.261 e. The van der Waals surface area contributed by atoms with Gasteiger partial charge >= 0.3 is 0 Å². The Hall–Kier alpha value is -1.69. The van der Waals surface area contributed by atoms with Gasteiger partial charge in [-0.2, -0.15) is 0 Å². The molecule has 4 nitrogen and oxygen atoms in total. The van der Waals surface area contributed by atoms with Crippen molar-refractivity contribution in [2.24, 2.45) is 0 Å². The Morgan fingerprint density at radius 3 is 2.57 bits per heavy atom. The summed E-state index contributed by atoms with van der Waals surface area (Å²) < 4.78 is 31.4. The number of aliphatic hydroxyl groups excluding tert-OH is 1. The lowest BCUT2D eigenvalue weighted by atomic mass is 10.00. The van der Waals surface area contributed by atoms with E-state index in [1.165, 1.54) is 6.07 Å². The molecule has 1 amide bonds. The molecule has 0 spiro atoms. The summed E-state index contributed by atoms with van der Waals surface area (Å²) in [4.78, 5) is 14.0. The number of benzene rings is 1. The van der Waals surface area contributed by atoms with Crippen LogP contribution in [0.15, 0.2) is 18.2 Å². The molecule has 6 heteroatoms. The van der Waals surface area contributed by atoms with E-state index in [-0.39, 0.29) is 36.5 Å². The number of carbonyl (C=O) groups is 1. The first-order chi connectivity index (χ1) is 10.0. The van der Waals surface area contributed by atoms with Crippen LogP contribution in [-0.2, 0) is 4.79 Å². The first-order valence-electron chi connectivity index (χ1n) is 7.11. The van der Waals surface area contributed by atoms with Gasteiger partial charge in [0.25, 0.3) is 5.91 Å². The number of carbonyl (C=O) groups excluding carboxylic acids is 1. The van der Waals surface area contributed by atoms with Crippen molar-refractivity contribution in [3.63, 3.8) is 0 Å². The van der Waals surface area contributed by atoms with Crippen molar-refractivity contribution in [2.75, 3.05) is 6.61 Å². The lowest BCUT2D eigenvalue weighted by molar-refractivity contribution is -0.139. The Bertz CT molecular complexity index is 538. The van der Waals surface area contributed by atoms with Crippen LogP contribution < -0.4 is 4.74 Å². The normalized spacial score (nSPS) is 27.8. The molecule has 0 aromatic heterocycles. The maximum Gasteiger partial charge on any atom is 0.261 e. The molecule has 2 atom stereocenters. The molecule has 1 aromatic carbocycles. The second-order valence-corrected chi connectivity index (χ2v) is 5.67. The van der Waals surface area contributed by atoms with Crippen LogP contribution in [0.1, 0.15) is 25.7 Å². The number of halogens is 2. The molecular weight excluding hydrogens is 280 g/mol. The Morgan fingerprint density at radius 2 is 1.95 bits per heavy atom. The van der Waals surface area contributed by atoms with Crippen LogP contribution in [0.4, 0.5) is 8.78 Å². The van der Waals surface area contributed by atoms with E-state index < -0.39 is 11.6 Å². The molecule has 2 aliphatic rings. The fourth-order valence-electron chi connectivity index (χ4n) is 3.36. The Labute approximate surface area is 121 Å². The number of fused-ring (bicyclic) bond motifs is 2. The van der Waals surface area contributed by atoms with Gasteiger partial charge < -0.3 is 14.7 Å². The SMILES string of the molecule is O=C(COc1ccc(F)cc1F)N1C2CCC1CC(O)C2. The highest BCUT2D eigenvalue weighted by atomic mass is 19.1. The fraction of sp³-hybridized carbons (Fsp3) is 0.533. The quantitative estimate of drug-likeness (QED) is 0.926. The van der Waals surface area contributed by atoms with Crippen molar-refractivity contribution in [3.8, 4) is 5.75 Å². The zero-order chi connectivity index (χ0) is 15.0. The van der Waals surface area contributed by atoms with Crippen molar-refractivity contribution in [1.29, 1.82) is 0 Å². The summed E-state index contributed by atoms with van der Waals surface area (Å²) >= 11 is 0. The molecule has 0 saturated carbocycles. The van der Waals surface area contributed by atoms with Gasteiger partial charge in [0, 0.05) is 18.2 Å². The number of rotatable bonds is 3. The van der Waals surface area contributed by atoms with Crippen molar-refractivity contribution >= 4 is 5.91 Å². The topological polar surface area (TPSA) is 49.8 Å². The van der Waals surface area contributed by atoms with Gasteiger partial charge in [-0.1, -0.05) is 0 Å². The number of aliphatic hydroxyl groups is 1. The van der Waals surface area contributed by atoms with Gasteiger partial charge in [0.15, 0.2) is 18.2 Å². The molecule has 2 bridgehead atoms. The van der Waals surface area contributed by atoms with Gasteiger partial charge in [-0.25, -0.2) is 8.78 Å². The molecule has 2 unspecified atom stereocenters. The third-order valence-corrected chi connectivity index (χ3v) is 4.24. The van der Waals surface area contributed by atoms with E-state index in [1.807, 2.05) is 0 Å². The maximum atomic E-state index is 13.4. The molecule has 0 radical (unpaired) electrons. The second-order valence-electron chi connectivity index (χ2n) is 5.67. The Morgan fingerprint density at radius 1 is 1.29 bits per heavy atom. The van der Waals surface area contributed by atoms with Gasteiger partial charge in [0.05, 0.1) is 6.10 Å². The van der Waals surface area contributed by atoms with Gasteiger partial charge in [0.1, 0.15) is 5.82 Å². The molecule has 2 heterocycles. The van der Waals surface area contributed by atoms with Gasteiger partial charge in [-0.05, 0) is 37.8 Å². The summed E-state index contributed by atoms with van der Waals surface area (Å²) in [5.74, 6) is -1.85. The summed E-state index contributed by atoms with van der Waals surface area (Å²) in [7, 11) is 0. The number of hydrogen-bond acceptors (Lipinski definition) is 3. The third-order valence-electron chi connectivity index (χ3n) is 4.24. The number of piperidine rings is 1. The third kappa shape index (κ3) is 2.85. The van der Waals surface area contributed by atoms with E-state index in [0.29, 0.717) is 12.8 Å². The van der Waals surface area contributed by atoms with Gasteiger partial charge in [-0.15, -0.1) is 0 Å². The zero-order valence-corrected chi connectivity index (χ0v) is 11.5. The Balaban J connectivity index is 1.62. The highest BCUT2D eigenvalue weighted by Crippen LogP contribution is 2.35.